The van der Waals surface area contributed by atoms with Gasteiger partial charge in [0.15, 0.2) is 0 Å². The number of hydrogen-bond donors (Lipinski definition) is 2. The largest absolute Gasteiger partial charge is 0.508 e. The molecule has 0 aliphatic heterocycles. The molecule has 2 aromatic rings. The molecule has 0 amide bonds. The van der Waals surface area contributed by atoms with Gasteiger partial charge in [-0.2, -0.15) is 0 Å². The van der Waals surface area contributed by atoms with Crippen molar-refractivity contribution in [3.8, 4) is 11.5 Å². The van der Waals surface area contributed by atoms with Crippen LogP contribution in [0.3, 0.4) is 0 Å². The Labute approximate surface area is 156 Å². The van der Waals surface area contributed by atoms with Crippen molar-refractivity contribution < 1.29 is 10.2 Å². The van der Waals surface area contributed by atoms with E-state index in [1.54, 1.807) is 12.1 Å². The molecule has 136 valence electrons. The number of benzene rings is 2. The second kappa shape index (κ2) is 8.75. The predicted octanol–water partition coefficient (Wildman–Crippen LogP) is 6.35. The number of allylic oxidation sites excluding steroid dienone is 4. The zero-order valence-corrected chi connectivity index (χ0v) is 15.5. The highest BCUT2D eigenvalue weighted by Crippen LogP contribution is 2.33. The minimum Gasteiger partial charge on any atom is -0.508 e. The third-order valence-electron chi connectivity index (χ3n) is 5.13. The van der Waals surface area contributed by atoms with E-state index in [0.717, 1.165) is 24.8 Å². The molecular formula is C24H28O2. The van der Waals surface area contributed by atoms with Crippen molar-refractivity contribution in [1.29, 1.82) is 0 Å². The summed E-state index contributed by atoms with van der Waals surface area (Å²) in [6.45, 7) is 2.21. The molecule has 2 heteroatoms. The molecule has 1 aliphatic carbocycles. The van der Waals surface area contributed by atoms with Crippen molar-refractivity contribution in [3.05, 3.63) is 77.4 Å². The van der Waals surface area contributed by atoms with E-state index in [0.29, 0.717) is 17.4 Å². The van der Waals surface area contributed by atoms with Crippen LogP contribution in [0.5, 0.6) is 11.5 Å². The van der Waals surface area contributed by atoms with Gasteiger partial charge >= 0.3 is 0 Å². The van der Waals surface area contributed by atoms with Crippen LogP contribution in [-0.4, -0.2) is 10.2 Å². The van der Waals surface area contributed by atoms with Crippen molar-refractivity contribution in [2.45, 2.75) is 51.4 Å². The minimum atomic E-state index is 0.306. The van der Waals surface area contributed by atoms with Crippen LogP contribution >= 0.6 is 0 Å². The van der Waals surface area contributed by atoms with Crippen LogP contribution in [0.1, 0.15) is 61.6 Å². The van der Waals surface area contributed by atoms with Gasteiger partial charge in [0, 0.05) is 5.92 Å². The third-order valence-corrected chi connectivity index (χ3v) is 5.13. The molecule has 0 bridgehead atoms. The maximum absolute atomic E-state index is 10.1. The van der Waals surface area contributed by atoms with Crippen molar-refractivity contribution in [1.82, 2.24) is 0 Å². The zero-order chi connectivity index (χ0) is 18.4. The fraction of sp³-hybridized carbons (Fsp3) is 0.333. The number of unbranched alkanes of at least 4 members (excludes halogenated alkanes) is 3. The highest BCUT2D eigenvalue weighted by molar-refractivity contribution is 5.76. The van der Waals surface area contributed by atoms with Crippen LogP contribution in [0, 0.1) is 0 Å². The lowest BCUT2D eigenvalue weighted by Gasteiger charge is -2.17. The summed E-state index contributed by atoms with van der Waals surface area (Å²) in [5.74, 6) is 1.07. The Morgan fingerprint density at radius 2 is 1.77 bits per heavy atom. The fourth-order valence-electron chi connectivity index (χ4n) is 3.51. The molecule has 0 fully saturated rings. The lowest BCUT2D eigenvalue weighted by atomic mass is 9.87. The molecule has 26 heavy (non-hydrogen) atoms. The number of rotatable bonds is 7. The first kappa shape index (κ1) is 18.3. The molecule has 1 atom stereocenters. The van der Waals surface area contributed by atoms with Crippen molar-refractivity contribution in [2.24, 2.45) is 0 Å². The Morgan fingerprint density at radius 1 is 0.962 bits per heavy atom. The van der Waals surface area contributed by atoms with Crippen LogP contribution in [0.15, 0.2) is 60.7 Å². The summed E-state index contributed by atoms with van der Waals surface area (Å²) < 4.78 is 0. The van der Waals surface area contributed by atoms with E-state index < -0.39 is 0 Å². The molecule has 3 rings (SSSR count). The normalized spacial score (nSPS) is 16.5. The predicted molar refractivity (Wildman–Crippen MR) is 109 cm³/mol. The standard InChI is InChI=1S/C24H28O2/c1-2-3-4-5-6-22-17-21(13-16-24(22)26)20-9-7-18(8-10-20)19-11-14-23(25)15-12-19/h7,9-18,25-26H,2-6,8H2,1H3. The summed E-state index contributed by atoms with van der Waals surface area (Å²) in [6, 6.07) is 13.4. The van der Waals surface area contributed by atoms with Gasteiger partial charge in [-0.1, -0.05) is 62.6 Å². The number of hydrogen-bond acceptors (Lipinski definition) is 2. The summed E-state index contributed by atoms with van der Waals surface area (Å²) in [6.07, 6.45) is 13.4. The van der Waals surface area contributed by atoms with Gasteiger partial charge < -0.3 is 10.2 Å². The van der Waals surface area contributed by atoms with Gasteiger partial charge in [0.05, 0.1) is 0 Å². The number of aryl methyl sites for hydroxylation is 1. The van der Waals surface area contributed by atoms with Crippen LogP contribution in [0.25, 0.3) is 5.57 Å². The van der Waals surface area contributed by atoms with Gasteiger partial charge in [-0.05, 0) is 65.8 Å². The first-order valence-electron chi connectivity index (χ1n) is 9.67. The molecule has 0 aromatic heterocycles. The van der Waals surface area contributed by atoms with Gasteiger partial charge in [0.25, 0.3) is 0 Å². The Kier molecular flexibility index (Phi) is 6.17. The number of phenolic OH excluding ortho intramolecular Hbond substituents is 2. The van der Waals surface area contributed by atoms with Gasteiger partial charge in [-0.25, -0.2) is 0 Å². The molecule has 1 unspecified atom stereocenters. The Bertz CT molecular complexity index is 784. The summed E-state index contributed by atoms with van der Waals surface area (Å²) in [5.41, 5.74) is 4.66. The molecule has 2 nitrogen and oxygen atoms in total. The Balaban J connectivity index is 1.68. The molecule has 2 aromatic carbocycles. The lowest BCUT2D eigenvalue weighted by molar-refractivity contribution is 0.466. The number of aromatic hydroxyl groups is 2. The smallest absolute Gasteiger partial charge is 0.118 e. The molecule has 0 saturated heterocycles. The topological polar surface area (TPSA) is 40.5 Å². The van der Waals surface area contributed by atoms with Crippen LogP contribution in [-0.2, 0) is 6.42 Å². The van der Waals surface area contributed by atoms with Crippen molar-refractivity contribution in [3.63, 3.8) is 0 Å². The van der Waals surface area contributed by atoms with E-state index in [2.05, 4.69) is 31.2 Å². The SMILES string of the molecule is CCCCCCc1cc(C2=CCC(c3ccc(O)cc3)C=C2)ccc1O. The molecule has 0 saturated carbocycles. The Hall–Kier alpha value is -2.48. The molecule has 0 heterocycles. The highest BCUT2D eigenvalue weighted by Gasteiger charge is 2.13. The molecule has 0 spiro atoms. The van der Waals surface area contributed by atoms with E-state index in [1.807, 2.05) is 24.3 Å². The van der Waals surface area contributed by atoms with E-state index in [4.69, 9.17) is 0 Å². The second-order valence-electron chi connectivity index (χ2n) is 7.11. The maximum atomic E-state index is 10.1. The first-order chi connectivity index (χ1) is 12.7. The first-order valence-corrected chi connectivity index (χ1v) is 9.67. The van der Waals surface area contributed by atoms with Gasteiger partial charge in [0.1, 0.15) is 11.5 Å². The summed E-state index contributed by atoms with van der Waals surface area (Å²) in [4.78, 5) is 0. The summed E-state index contributed by atoms with van der Waals surface area (Å²) in [7, 11) is 0. The van der Waals surface area contributed by atoms with E-state index in [1.165, 1.54) is 36.0 Å². The lowest BCUT2D eigenvalue weighted by Crippen LogP contribution is -1.99. The molecular weight excluding hydrogens is 320 g/mol. The fourth-order valence-corrected chi connectivity index (χ4v) is 3.51. The van der Waals surface area contributed by atoms with E-state index in [-0.39, 0.29) is 0 Å². The second-order valence-corrected chi connectivity index (χ2v) is 7.11. The number of phenols is 2. The van der Waals surface area contributed by atoms with Gasteiger partial charge in [-0.15, -0.1) is 0 Å². The maximum Gasteiger partial charge on any atom is 0.118 e. The quantitative estimate of drug-likeness (QED) is 0.573. The molecule has 2 N–H and O–H groups in total. The minimum absolute atomic E-state index is 0.306. The monoisotopic (exact) mass is 348 g/mol. The van der Waals surface area contributed by atoms with Crippen molar-refractivity contribution in [2.75, 3.05) is 0 Å². The summed E-state index contributed by atoms with van der Waals surface area (Å²) in [5, 5.41) is 19.6. The van der Waals surface area contributed by atoms with Gasteiger partial charge in [-0.3, -0.25) is 0 Å². The third kappa shape index (κ3) is 4.57. The van der Waals surface area contributed by atoms with Crippen LogP contribution in [0.2, 0.25) is 0 Å². The summed E-state index contributed by atoms with van der Waals surface area (Å²) >= 11 is 0. The van der Waals surface area contributed by atoms with E-state index in [9.17, 15) is 10.2 Å². The molecule has 1 aliphatic rings. The van der Waals surface area contributed by atoms with Crippen LogP contribution in [0.4, 0.5) is 0 Å². The molecule has 0 radical (unpaired) electrons. The highest BCUT2D eigenvalue weighted by atomic mass is 16.3. The zero-order valence-electron chi connectivity index (χ0n) is 15.5. The van der Waals surface area contributed by atoms with Gasteiger partial charge in [0.2, 0.25) is 0 Å². The Morgan fingerprint density at radius 3 is 2.46 bits per heavy atom. The van der Waals surface area contributed by atoms with Crippen LogP contribution < -0.4 is 0 Å². The average Bonchev–Trinajstić information content (AvgIpc) is 2.67. The van der Waals surface area contributed by atoms with Crippen molar-refractivity contribution >= 4 is 5.57 Å². The average molecular weight is 348 g/mol. The van der Waals surface area contributed by atoms with E-state index >= 15 is 0 Å².